The minimum absolute atomic E-state index is 0.0823. The van der Waals surface area contributed by atoms with Crippen LogP contribution in [-0.2, 0) is 11.3 Å². The van der Waals surface area contributed by atoms with Gasteiger partial charge in [-0.15, -0.1) is 0 Å². The first-order valence-electron chi connectivity index (χ1n) is 7.71. The molecule has 0 aliphatic rings. The number of benzene rings is 1. The molecule has 0 radical (unpaired) electrons. The number of hydrogen-bond acceptors (Lipinski definition) is 5. The van der Waals surface area contributed by atoms with Crippen molar-refractivity contribution in [3.63, 3.8) is 0 Å². The van der Waals surface area contributed by atoms with Crippen molar-refractivity contribution in [2.24, 2.45) is 0 Å². The molecule has 0 heterocycles. The molecule has 1 aromatic carbocycles. The maximum atomic E-state index is 11.9. The summed E-state index contributed by atoms with van der Waals surface area (Å²) >= 11 is 0. The molecule has 0 spiro atoms. The lowest BCUT2D eigenvalue weighted by Crippen LogP contribution is -2.43. The van der Waals surface area contributed by atoms with Crippen molar-refractivity contribution >= 4 is 5.91 Å². The molecule has 1 unspecified atom stereocenters. The van der Waals surface area contributed by atoms with Gasteiger partial charge < -0.3 is 25.2 Å². The Kier molecular flexibility index (Phi) is 7.32. The summed E-state index contributed by atoms with van der Waals surface area (Å²) in [5, 5.41) is 15.3. The van der Waals surface area contributed by atoms with Crippen LogP contribution in [0, 0.1) is 0 Å². The molecular weight excluding hydrogens is 296 g/mol. The second-order valence-electron chi connectivity index (χ2n) is 6.52. The smallest absolute Gasteiger partial charge is 0.258 e. The predicted molar refractivity (Wildman–Crippen MR) is 89.8 cm³/mol. The van der Waals surface area contributed by atoms with Gasteiger partial charge in [0, 0.05) is 24.2 Å². The molecule has 1 amide bonds. The number of ether oxygens (including phenoxy) is 2. The molecule has 0 bridgehead atoms. The summed E-state index contributed by atoms with van der Waals surface area (Å²) in [5.41, 5.74) is 0.566. The van der Waals surface area contributed by atoms with Crippen molar-refractivity contribution in [2.75, 3.05) is 20.3 Å². The lowest BCUT2D eigenvalue weighted by atomic mass is 10.1. The molecule has 1 atom stereocenters. The SMILES string of the molecule is COc1cccc(CNCC(C)O)c1OCC(=O)NC(C)(C)C. The summed E-state index contributed by atoms with van der Waals surface area (Å²) < 4.78 is 11.0. The van der Waals surface area contributed by atoms with Gasteiger partial charge in [-0.25, -0.2) is 0 Å². The standard InChI is InChI=1S/C17H28N2O4/c1-12(20)9-18-10-13-7-6-8-14(22-5)16(13)23-11-15(21)19-17(2,3)4/h6-8,12,18,20H,9-11H2,1-5H3,(H,19,21). The number of rotatable bonds is 8. The first-order valence-corrected chi connectivity index (χ1v) is 7.71. The largest absolute Gasteiger partial charge is 0.493 e. The zero-order valence-corrected chi connectivity index (χ0v) is 14.6. The van der Waals surface area contributed by atoms with Crippen LogP contribution >= 0.6 is 0 Å². The Morgan fingerprint density at radius 3 is 2.61 bits per heavy atom. The van der Waals surface area contributed by atoms with Crippen molar-refractivity contribution in [3.8, 4) is 11.5 Å². The van der Waals surface area contributed by atoms with Crippen molar-refractivity contribution in [1.29, 1.82) is 0 Å². The van der Waals surface area contributed by atoms with Crippen LogP contribution in [-0.4, -0.2) is 42.9 Å². The molecule has 3 N–H and O–H groups in total. The Balaban J connectivity index is 2.76. The van der Waals surface area contributed by atoms with E-state index < -0.39 is 6.10 Å². The van der Waals surface area contributed by atoms with E-state index in [9.17, 15) is 9.90 Å². The van der Waals surface area contributed by atoms with E-state index >= 15 is 0 Å². The van der Waals surface area contributed by atoms with Gasteiger partial charge >= 0.3 is 0 Å². The number of aliphatic hydroxyl groups excluding tert-OH is 1. The second-order valence-corrected chi connectivity index (χ2v) is 6.52. The maximum Gasteiger partial charge on any atom is 0.258 e. The third-order valence-corrected chi connectivity index (χ3v) is 2.90. The van der Waals surface area contributed by atoms with Crippen LogP contribution in [0.3, 0.4) is 0 Å². The zero-order valence-electron chi connectivity index (χ0n) is 14.6. The number of carbonyl (C=O) groups excluding carboxylic acids is 1. The monoisotopic (exact) mass is 324 g/mol. The number of amides is 1. The Bertz CT molecular complexity index is 510. The van der Waals surface area contributed by atoms with Gasteiger partial charge in [-0.3, -0.25) is 4.79 Å². The maximum absolute atomic E-state index is 11.9. The molecule has 0 aromatic heterocycles. The molecule has 0 saturated carbocycles. The number of methoxy groups -OCH3 is 1. The van der Waals surface area contributed by atoms with Crippen molar-refractivity contribution in [1.82, 2.24) is 10.6 Å². The third kappa shape index (κ3) is 7.34. The Morgan fingerprint density at radius 2 is 2.04 bits per heavy atom. The van der Waals surface area contributed by atoms with Crippen molar-refractivity contribution in [3.05, 3.63) is 23.8 Å². The van der Waals surface area contributed by atoms with Crippen LogP contribution in [0.25, 0.3) is 0 Å². The number of nitrogens with one attached hydrogen (secondary N) is 2. The summed E-state index contributed by atoms with van der Waals surface area (Å²) in [4.78, 5) is 11.9. The summed E-state index contributed by atoms with van der Waals surface area (Å²) in [5.74, 6) is 0.924. The lowest BCUT2D eigenvalue weighted by molar-refractivity contribution is -0.124. The van der Waals surface area contributed by atoms with Gasteiger partial charge in [0.25, 0.3) is 5.91 Å². The summed E-state index contributed by atoms with van der Waals surface area (Å²) in [7, 11) is 1.56. The second kappa shape index (κ2) is 8.74. The molecule has 1 rings (SSSR count). The van der Waals surface area contributed by atoms with Crippen molar-refractivity contribution in [2.45, 2.75) is 45.9 Å². The van der Waals surface area contributed by atoms with E-state index in [1.54, 1.807) is 20.1 Å². The van der Waals surface area contributed by atoms with Crippen molar-refractivity contribution < 1.29 is 19.4 Å². The minimum Gasteiger partial charge on any atom is -0.493 e. The van der Waals surface area contributed by atoms with E-state index in [1.807, 2.05) is 32.9 Å². The Morgan fingerprint density at radius 1 is 1.35 bits per heavy atom. The molecule has 0 saturated heterocycles. The molecule has 6 nitrogen and oxygen atoms in total. The van der Waals surface area contributed by atoms with Gasteiger partial charge in [0.05, 0.1) is 13.2 Å². The molecule has 0 aliphatic heterocycles. The van der Waals surface area contributed by atoms with E-state index in [1.165, 1.54) is 0 Å². The van der Waals surface area contributed by atoms with Gasteiger partial charge in [0.2, 0.25) is 0 Å². The highest BCUT2D eigenvalue weighted by Gasteiger charge is 2.16. The minimum atomic E-state index is -0.428. The quantitative estimate of drug-likeness (QED) is 0.675. The molecule has 23 heavy (non-hydrogen) atoms. The highest BCUT2D eigenvalue weighted by Crippen LogP contribution is 2.31. The molecule has 1 aromatic rings. The fraction of sp³-hybridized carbons (Fsp3) is 0.588. The molecule has 0 fully saturated rings. The summed E-state index contributed by atoms with van der Waals surface area (Å²) in [6.45, 7) is 8.37. The number of carbonyl (C=O) groups is 1. The van der Waals surface area contributed by atoms with Gasteiger partial charge in [0.15, 0.2) is 18.1 Å². The molecular formula is C17H28N2O4. The van der Waals surface area contributed by atoms with Crippen LogP contribution in [0.4, 0.5) is 0 Å². The number of hydrogen-bond donors (Lipinski definition) is 3. The summed E-state index contributed by atoms with van der Waals surface area (Å²) in [6.07, 6.45) is -0.428. The first kappa shape index (κ1) is 19.3. The van der Waals surface area contributed by atoms with Crippen LogP contribution in [0.2, 0.25) is 0 Å². The van der Waals surface area contributed by atoms with Crippen LogP contribution < -0.4 is 20.1 Å². The summed E-state index contributed by atoms with van der Waals surface area (Å²) in [6, 6.07) is 5.55. The average molecular weight is 324 g/mol. The average Bonchev–Trinajstić information content (AvgIpc) is 2.43. The van der Waals surface area contributed by atoms with E-state index in [-0.39, 0.29) is 18.1 Å². The van der Waals surface area contributed by atoms with Gasteiger partial charge in [0.1, 0.15) is 0 Å². The highest BCUT2D eigenvalue weighted by atomic mass is 16.5. The molecule has 130 valence electrons. The van der Waals surface area contributed by atoms with E-state index in [0.29, 0.717) is 24.6 Å². The van der Waals surface area contributed by atoms with E-state index in [2.05, 4.69) is 10.6 Å². The van der Waals surface area contributed by atoms with Gasteiger partial charge in [-0.05, 0) is 33.8 Å². The third-order valence-electron chi connectivity index (χ3n) is 2.90. The highest BCUT2D eigenvalue weighted by molar-refractivity contribution is 5.78. The van der Waals surface area contributed by atoms with Crippen LogP contribution in [0.1, 0.15) is 33.3 Å². The fourth-order valence-corrected chi connectivity index (χ4v) is 2.03. The van der Waals surface area contributed by atoms with Gasteiger partial charge in [-0.2, -0.15) is 0 Å². The Hall–Kier alpha value is -1.79. The fourth-order valence-electron chi connectivity index (χ4n) is 2.03. The number of aliphatic hydroxyl groups is 1. The van der Waals surface area contributed by atoms with Gasteiger partial charge in [-0.1, -0.05) is 12.1 Å². The topological polar surface area (TPSA) is 79.8 Å². The molecule has 0 aliphatic carbocycles. The zero-order chi connectivity index (χ0) is 17.5. The lowest BCUT2D eigenvalue weighted by Gasteiger charge is -2.21. The van der Waals surface area contributed by atoms with E-state index in [0.717, 1.165) is 5.56 Å². The normalized spacial score (nSPS) is 12.6. The molecule has 6 heteroatoms. The number of para-hydroxylation sites is 1. The van der Waals surface area contributed by atoms with Crippen LogP contribution in [0.5, 0.6) is 11.5 Å². The van der Waals surface area contributed by atoms with E-state index in [4.69, 9.17) is 9.47 Å². The van der Waals surface area contributed by atoms with Crippen LogP contribution in [0.15, 0.2) is 18.2 Å². The first-order chi connectivity index (χ1) is 10.7. The Labute approximate surface area is 138 Å². The predicted octanol–water partition coefficient (Wildman–Crippen LogP) is 1.46.